The summed E-state index contributed by atoms with van der Waals surface area (Å²) >= 11 is 0. The molecule has 0 saturated heterocycles. The number of carbonyl (C=O) groups excluding carboxylic acids is 1. The second kappa shape index (κ2) is 7.56. The van der Waals surface area contributed by atoms with E-state index in [1.165, 1.54) is 0 Å². The molecule has 14 heavy (non-hydrogen) atoms. The predicted octanol–water partition coefficient (Wildman–Crippen LogP) is 1.41. The molecule has 0 aliphatic rings. The number of carbonyl (C=O) groups is 1. The van der Waals surface area contributed by atoms with Crippen LogP contribution in [0.15, 0.2) is 12.7 Å². The van der Waals surface area contributed by atoms with E-state index in [2.05, 4.69) is 25.7 Å². The lowest BCUT2D eigenvalue weighted by atomic mass is 10.1. The minimum atomic E-state index is 0.153. The van der Waals surface area contributed by atoms with Gasteiger partial charge < -0.3 is 10.2 Å². The molecule has 0 heterocycles. The Bertz CT molecular complexity index is 176. The average Bonchev–Trinajstić information content (AvgIpc) is 2.19. The normalized spacial score (nSPS) is 10.3. The summed E-state index contributed by atoms with van der Waals surface area (Å²) in [5.41, 5.74) is 0. The Morgan fingerprint density at radius 2 is 2.07 bits per heavy atom. The Labute approximate surface area is 87.2 Å². The maximum atomic E-state index is 11.6. The van der Waals surface area contributed by atoms with Gasteiger partial charge in [-0.3, -0.25) is 4.79 Å². The number of hydrogen-bond donors (Lipinski definition) is 1. The average molecular weight is 198 g/mol. The summed E-state index contributed by atoms with van der Waals surface area (Å²) in [6.07, 6.45) is 3.78. The van der Waals surface area contributed by atoms with Gasteiger partial charge in [-0.05, 0) is 12.8 Å². The van der Waals surface area contributed by atoms with Crippen molar-refractivity contribution in [1.29, 1.82) is 0 Å². The summed E-state index contributed by atoms with van der Waals surface area (Å²) in [4.78, 5) is 13.4. The molecule has 0 aromatic rings. The molecule has 0 spiro atoms. The Morgan fingerprint density at radius 1 is 1.50 bits per heavy atom. The predicted molar refractivity (Wildman–Crippen MR) is 60.2 cm³/mol. The van der Waals surface area contributed by atoms with E-state index >= 15 is 0 Å². The Morgan fingerprint density at radius 3 is 2.50 bits per heavy atom. The third-order valence-electron chi connectivity index (χ3n) is 2.45. The molecule has 0 bridgehead atoms. The van der Waals surface area contributed by atoms with Crippen LogP contribution in [0.5, 0.6) is 0 Å². The van der Waals surface area contributed by atoms with E-state index in [-0.39, 0.29) is 5.91 Å². The van der Waals surface area contributed by atoms with Crippen LogP contribution in [0.4, 0.5) is 0 Å². The number of nitrogens with one attached hydrogen (secondary N) is 1. The topological polar surface area (TPSA) is 32.3 Å². The van der Waals surface area contributed by atoms with E-state index in [1.54, 1.807) is 6.08 Å². The summed E-state index contributed by atoms with van der Waals surface area (Å²) in [5.74, 6) is 0.153. The second-order valence-electron chi connectivity index (χ2n) is 3.39. The zero-order chi connectivity index (χ0) is 11.0. The molecule has 0 radical (unpaired) electrons. The highest BCUT2D eigenvalue weighted by atomic mass is 16.2. The second-order valence-corrected chi connectivity index (χ2v) is 3.39. The summed E-state index contributed by atoms with van der Waals surface area (Å²) in [7, 11) is 1.87. The highest BCUT2D eigenvalue weighted by Gasteiger charge is 2.15. The molecular formula is C11H22N2O. The highest BCUT2D eigenvalue weighted by molar-refractivity contribution is 5.78. The van der Waals surface area contributed by atoms with Crippen LogP contribution >= 0.6 is 0 Å². The number of hydrogen-bond acceptors (Lipinski definition) is 2. The number of likely N-dealkylation sites (N-methyl/N-ethyl adjacent to an activating group) is 1. The van der Waals surface area contributed by atoms with E-state index in [4.69, 9.17) is 0 Å². The zero-order valence-electron chi connectivity index (χ0n) is 9.55. The van der Waals surface area contributed by atoms with Gasteiger partial charge in [-0.2, -0.15) is 0 Å². The van der Waals surface area contributed by atoms with Crippen molar-refractivity contribution in [3.8, 4) is 0 Å². The standard InChI is InChI=1S/C11H22N2O/c1-5-8-12-9-11(14)13(4)10(6-2)7-3/h5,10,12H,1,6-9H2,2-4H3. The largest absolute Gasteiger partial charge is 0.342 e. The SMILES string of the molecule is C=CCNCC(=O)N(C)C(CC)CC. The van der Waals surface area contributed by atoms with E-state index < -0.39 is 0 Å². The molecule has 0 unspecified atom stereocenters. The molecule has 3 heteroatoms. The molecular weight excluding hydrogens is 176 g/mol. The van der Waals surface area contributed by atoms with Crippen LogP contribution in [0.1, 0.15) is 26.7 Å². The van der Waals surface area contributed by atoms with Gasteiger partial charge in [0.25, 0.3) is 0 Å². The van der Waals surface area contributed by atoms with Gasteiger partial charge in [0.05, 0.1) is 6.54 Å². The van der Waals surface area contributed by atoms with Crippen molar-refractivity contribution < 1.29 is 4.79 Å². The van der Waals surface area contributed by atoms with Crippen molar-refractivity contribution in [1.82, 2.24) is 10.2 Å². The quantitative estimate of drug-likeness (QED) is 0.495. The molecule has 0 saturated carbocycles. The summed E-state index contributed by atoms with van der Waals surface area (Å²) in [6, 6.07) is 0.369. The molecule has 82 valence electrons. The maximum absolute atomic E-state index is 11.6. The van der Waals surface area contributed by atoms with Gasteiger partial charge in [-0.25, -0.2) is 0 Å². The van der Waals surface area contributed by atoms with Crippen molar-refractivity contribution in [3.05, 3.63) is 12.7 Å². The number of amides is 1. The lowest BCUT2D eigenvalue weighted by Gasteiger charge is -2.26. The number of nitrogens with zero attached hydrogens (tertiary/aromatic N) is 1. The zero-order valence-corrected chi connectivity index (χ0v) is 9.55. The molecule has 3 nitrogen and oxygen atoms in total. The lowest BCUT2D eigenvalue weighted by molar-refractivity contribution is -0.131. The van der Waals surface area contributed by atoms with Crippen LogP contribution in [0.2, 0.25) is 0 Å². The summed E-state index contributed by atoms with van der Waals surface area (Å²) in [6.45, 7) is 8.88. The number of rotatable bonds is 7. The summed E-state index contributed by atoms with van der Waals surface area (Å²) in [5, 5.41) is 3.01. The van der Waals surface area contributed by atoms with Gasteiger partial charge in [0, 0.05) is 19.6 Å². The lowest BCUT2D eigenvalue weighted by Crippen LogP contribution is -2.41. The van der Waals surface area contributed by atoms with Gasteiger partial charge >= 0.3 is 0 Å². The smallest absolute Gasteiger partial charge is 0.236 e. The minimum absolute atomic E-state index is 0.153. The van der Waals surface area contributed by atoms with E-state index in [1.807, 2.05) is 11.9 Å². The van der Waals surface area contributed by atoms with Crippen LogP contribution in [-0.4, -0.2) is 37.0 Å². The van der Waals surface area contributed by atoms with Crippen molar-refractivity contribution in [2.75, 3.05) is 20.1 Å². The van der Waals surface area contributed by atoms with E-state index in [0.717, 1.165) is 12.8 Å². The summed E-state index contributed by atoms with van der Waals surface area (Å²) < 4.78 is 0. The first-order valence-electron chi connectivity index (χ1n) is 5.24. The van der Waals surface area contributed by atoms with Crippen LogP contribution < -0.4 is 5.32 Å². The van der Waals surface area contributed by atoms with E-state index in [9.17, 15) is 4.79 Å². The van der Waals surface area contributed by atoms with Crippen LogP contribution in [0, 0.1) is 0 Å². The molecule has 1 N–H and O–H groups in total. The van der Waals surface area contributed by atoms with E-state index in [0.29, 0.717) is 19.1 Å². The Hall–Kier alpha value is -0.830. The van der Waals surface area contributed by atoms with Gasteiger partial charge in [0.2, 0.25) is 5.91 Å². The molecule has 0 fully saturated rings. The maximum Gasteiger partial charge on any atom is 0.236 e. The molecule has 0 aliphatic heterocycles. The third kappa shape index (κ3) is 4.42. The third-order valence-corrected chi connectivity index (χ3v) is 2.45. The molecule has 0 aliphatic carbocycles. The minimum Gasteiger partial charge on any atom is -0.342 e. The van der Waals surface area contributed by atoms with Crippen LogP contribution in [0.3, 0.4) is 0 Å². The first-order chi connectivity index (χ1) is 6.67. The molecule has 0 aromatic carbocycles. The van der Waals surface area contributed by atoms with Gasteiger partial charge in [0.15, 0.2) is 0 Å². The fourth-order valence-electron chi connectivity index (χ4n) is 1.45. The Kier molecular flexibility index (Phi) is 7.11. The first-order valence-corrected chi connectivity index (χ1v) is 5.24. The Balaban J connectivity index is 3.90. The fourth-order valence-corrected chi connectivity index (χ4v) is 1.45. The molecule has 1 amide bonds. The van der Waals surface area contributed by atoms with Gasteiger partial charge in [-0.1, -0.05) is 19.9 Å². The highest BCUT2D eigenvalue weighted by Crippen LogP contribution is 2.05. The van der Waals surface area contributed by atoms with Crippen LogP contribution in [-0.2, 0) is 4.79 Å². The first kappa shape index (κ1) is 13.2. The fraction of sp³-hybridized carbons (Fsp3) is 0.727. The van der Waals surface area contributed by atoms with Crippen molar-refractivity contribution in [2.45, 2.75) is 32.7 Å². The molecule has 0 atom stereocenters. The molecule has 0 rings (SSSR count). The van der Waals surface area contributed by atoms with Gasteiger partial charge in [0.1, 0.15) is 0 Å². The monoisotopic (exact) mass is 198 g/mol. The van der Waals surface area contributed by atoms with Gasteiger partial charge in [-0.15, -0.1) is 6.58 Å². The van der Waals surface area contributed by atoms with Crippen molar-refractivity contribution in [2.24, 2.45) is 0 Å². The van der Waals surface area contributed by atoms with Crippen molar-refractivity contribution in [3.63, 3.8) is 0 Å². The van der Waals surface area contributed by atoms with Crippen molar-refractivity contribution >= 4 is 5.91 Å². The van der Waals surface area contributed by atoms with Crippen LogP contribution in [0.25, 0.3) is 0 Å². The molecule has 0 aromatic heterocycles.